The molecule has 8 heteroatoms. The summed E-state index contributed by atoms with van der Waals surface area (Å²) >= 11 is 0. The monoisotopic (exact) mass is 457 g/mol. The van der Waals surface area contributed by atoms with E-state index in [1.807, 2.05) is 0 Å². The van der Waals surface area contributed by atoms with Crippen LogP contribution in [0.5, 0.6) is 0 Å². The van der Waals surface area contributed by atoms with Gasteiger partial charge in [-0.3, -0.25) is 14.0 Å². The number of pyridine rings is 1. The van der Waals surface area contributed by atoms with Crippen molar-refractivity contribution in [2.45, 2.75) is 38.6 Å². The van der Waals surface area contributed by atoms with Gasteiger partial charge in [-0.25, -0.2) is 13.5 Å². The lowest BCUT2D eigenvalue weighted by molar-refractivity contribution is 0.0900. The van der Waals surface area contributed by atoms with Crippen LogP contribution in [-0.2, 0) is 0 Å². The molecular formula is C25H26F3N3O2. The van der Waals surface area contributed by atoms with Crippen LogP contribution in [0.15, 0.2) is 47.3 Å². The molecule has 174 valence electrons. The summed E-state index contributed by atoms with van der Waals surface area (Å²) < 4.78 is 42.3. The Morgan fingerprint density at radius 1 is 1.18 bits per heavy atom. The second-order valence-corrected chi connectivity index (χ2v) is 8.41. The number of hydrogen-bond acceptors (Lipinski definition) is 3. The minimum absolute atomic E-state index is 0.145. The lowest BCUT2D eigenvalue weighted by atomic mass is 9.77. The fraction of sp³-hybridized carbons (Fsp3) is 0.360. The Hall–Kier alpha value is -3.29. The average Bonchev–Trinajstić information content (AvgIpc) is 2.74. The summed E-state index contributed by atoms with van der Waals surface area (Å²) in [5, 5.41) is 3.00. The molecule has 1 aromatic heterocycles. The van der Waals surface area contributed by atoms with E-state index in [2.05, 4.69) is 10.7 Å². The first-order valence-corrected chi connectivity index (χ1v) is 11.1. The SMILES string of the molecule is Cc1c(C(=O)N[C@H](c2cccc(F)c2)C2CCC2)c2cccc(F)c2c(=O)n1NCCCF. The standard InChI is InChI=1S/C25H26F3N3O2/c1-15-21(19-10-4-11-20(28)22(19)25(33)31(15)29-13-5-12-26)24(32)30-23(16-6-2-7-16)17-8-3-9-18(27)14-17/h3-4,8-11,14,16,23,29H,2,5-7,12-13H2,1H3,(H,30,32)/t23-/m0/s1. The molecule has 2 aromatic carbocycles. The second-order valence-electron chi connectivity index (χ2n) is 8.41. The van der Waals surface area contributed by atoms with Gasteiger partial charge in [-0.15, -0.1) is 0 Å². The predicted molar refractivity (Wildman–Crippen MR) is 122 cm³/mol. The number of carbonyl (C=O) groups excluding carboxylic acids is 1. The van der Waals surface area contributed by atoms with E-state index in [1.54, 1.807) is 19.1 Å². The maximum absolute atomic E-state index is 14.7. The van der Waals surface area contributed by atoms with E-state index in [9.17, 15) is 22.8 Å². The van der Waals surface area contributed by atoms with Crippen LogP contribution in [0.4, 0.5) is 13.2 Å². The number of benzene rings is 2. The number of alkyl halides is 1. The molecule has 1 heterocycles. The highest BCUT2D eigenvalue weighted by Crippen LogP contribution is 2.38. The molecular weight excluding hydrogens is 431 g/mol. The van der Waals surface area contributed by atoms with Crippen molar-refractivity contribution in [3.8, 4) is 0 Å². The van der Waals surface area contributed by atoms with Crippen LogP contribution in [0.1, 0.15) is 53.3 Å². The van der Waals surface area contributed by atoms with E-state index in [4.69, 9.17) is 0 Å². The summed E-state index contributed by atoms with van der Waals surface area (Å²) in [5.41, 5.74) is 3.27. The van der Waals surface area contributed by atoms with Gasteiger partial charge in [0.25, 0.3) is 11.5 Å². The highest BCUT2D eigenvalue weighted by atomic mass is 19.1. The van der Waals surface area contributed by atoms with Crippen LogP contribution in [0, 0.1) is 24.5 Å². The smallest absolute Gasteiger partial charge is 0.279 e. The molecule has 1 saturated carbocycles. The molecule has 0 radical (unpaired) electrons. The number of halogens is 3. The van der Waals surface area contributed by atoms with Crippen LogP contribution in [-0.4, -0.2) is 23.8 Å². The zero-order valence-corrected chi connectivity index (χ0v) is 18.3. The minimum atomic E-state index is -0.742. The lowest BCUT2D eigenvalue weighted by Gasteiger charge is -2.35. The quantitative estimate of drug-likeness (QED) is 0.480. The van der Waals surface area contributed by atoms with Gasteiger partial charge in [0.15, 0.2) is 0 Å². The van der Waals surface area contributed by atoms with E-state index in [1.165, 1.54) is 24.3 Å². The second kappa shape index (κ2) is 9.68. The Balaban J connectivity index is 1.79. The number of rotatable bonds is 8. The Morgan fingerprint density at radius 3 is 2.61 bits per heavy atom. The fourth-order valence-electron chi connectivity index (χ4n) is 4.42. The van der Waals surface area contributed by atoms with Crippen LogP contribution < -0.4 is 16.3 Å². The van der Waals surface area contributed by atoms with Crippen molar-refractivity contribution in [2.24, 2.45) is 5.92 Å². The molecule has 0 saturated heterocycles. The molecule has 0 aliphatic heterocycles. The summed E-state index contributed by atoms with van der Waals surface area (Å²) in [6, 6.07) is 9.87. The molecule has 0 bridgehead atoms. The number of carbonyl (C=O) groups is 1. The number of fused-ring (bicyclic) bond motifs is 1. The zero-order chi connectivity index (χ0) is 23.5. The molecule has 5 nitrogen and oxygen atoms in total. The van der Waals surface area contributed by atoms with E-state index in [-0.39, 0.29) is 41.0 Å². The van der Waals surface area contributed by atoms with E-state index in [0.29, 0.717) is 11.3 Å². The predicted octanol–water partition coefficient (Wildman–Crippen LogP) is 4.76. The molecule has 3 aromatic rings. The molecule has 2 N–H and O–H groups in total. The Kier molecular flexibility index (Phi) is 6.72. The van der Waals surface area contributed by atoms with Gasteiger partial charge < -0.3 is 10.7 Å². The maximum atomic E-state index is 14.7. The van der Waals surface area contributed by atoms with Gasteiger partial charge in [0, 0.05) is 11.9 Å². The number of nitrogens with zero attached hydrogens (tertiary/aromatic N) is 1. The van der Waals surface area contributed by atoms with Gasteiger partial charge in [0.05, 0.1) is 29.4 Å². The van der Waals surface area contributed by atoms with Crippen LogP contribution in [0.25, 0.3) is 10.8 Å². The minimum Gasteiger partial charge on any atom is -0.345 e. The fourth-order valence-corrected chi connectivity index (χ4v) is 4.42. The summed E-state index contributed by atoms with van der Waals surface area (Å²) in [5.74, 6) is -1.45. The molecule has 1 aliphatic carbocycles. The van der Waals surface area contributed by atoms with E-state index >= 15 is 0 Å². The third-order valence-electron chi connectivity index (χ3n) is 6.32. The van der Waals surface area contributed by atoms with Gasteiger partial charge in [-0.2, -0.15) is 0 Å². The van der Waals surface area contributed by atoms with Crippen molar-refractivity contribution >= 4 is 16.7 Å². The van der Waals surface area contributed by atoms with Crippen LogP contribution in [0.2, 0.25) is 0 Å². The molecule has 33 heavy (non-hydrogen) atoms. The lowest BCUT2D eigenvalue weighted by Crippen LogP contribution is -2.39. The Labute approximate surface area is 189 Å². The van der Waals surface area contributed by atoms with Crippen molar-refractivity contribution in [2.75, 3.05) is 18.6 Å². The molecule has 0 unspecified atom stereocenters. The highest BCUT2D eigenvalue weighted by Gasteiger charge is 2.31. The summed E-state index contributed by atoms with van der Waals surface area (Å²) in [7, 11) is 0. The van der Waals surface area contributed by atoms with Gasteiger partial charge >= 0.3 is 0 Å². The topological polar surface area (TPSA) is 63.1 Å². The van der Waals surface area contributed by atoms with E-state index < -0.39 is 30.0 Å². The summed E-state index contributed by atoms with van der Waals surface area (Å²) in [6.07, 6.45) is 3.00. The summed E-state index contributed by atoms with van der Waals surface area (Å²) in [6.45, 7) is 1.16. The number of aromatic nitrogens is 1. The van der Waals surface area contributed by atoms with E-state index in [0.717, 1.165) is 30.0 Å². The third kappa shape index (κ3) is 4.47. The van der Waals surface area contributed by atoms with Gasteiger partial charge in [0.1, 0.15) is 11.6 Å². The highest BCUT2D eigenvalue weighted by molar-refractivity contribution is 6.08. The van der Waals surface area contributed by atoms with Crippen LogP contribution >= 0.6 is 0 Å². The normalized spacial score (nSPS) is 14.7. The maximum Gasteiger partial charge on any atom is 0.279 e. The molecule has 1 atom stereocenters. The van der Waals surface area contributed by atoms with Crippen molar-refractivity contribution < 1.29 is 18.0 Å². The van der Waals surface area contributed by atoms with Crippen molar-refractivity contribution in [3.05, 3.63) is 81.3 Å². The van der Waals surface area contributed by atoms with Gasteiger partial charge in [0.2, 0.25) is 0 Å². The van der Waals surface area contributed by atoms with Gasteiger partial charge in [-0.1, -0.05) is 30.7 Å². The van der Waals surface area contributed by atoms with Crippen molar-refractivity contribution in [1.29, 1.82) is 0 Å². The number of nitrogens with one attached hydrogen (secondary N) is 2. The molecule has 1 amide bonds. The van der Waals surface area contributed by atoms with Gasteiger partial charge in [-0.05, 0) is 55.9 Å². The first-order chi connectivity index (χ1) is 15.9. The third-order valence-corrected chi connectivity index (χ3v) is 6.32. The number of amides is 1. The summed E-state index contributed by atoms with van der Waals surface area (Å²) in [4.78, 5) is 26.5. The Morgan fingerprint density at radius 2 is 1.94 bits per heavy atom. The Bertz CT molecular complexity index is 1240. The molecule has 1 fully saturated rings. The van der Waals surface area contributed by atoms with Crippen LogP contribution in [0.3, 0.4) is 0 Å². The largest absolute Gasteiger partial charge is 0.345 e. The first kappa shape index (κ1) is 22.9. The number of hydrogen-bond donors (Lipinski definition) is 2. The average molecular weight is 457 g/mol. The first-order valence-electron chi connectivity index (χ1n) is 11.1. The zero-order valence-electron chi connectivity index (χ0n) is 18.3. The molecule has 1 aliphatic rings. The molecule has 4 rings (SSSR count). The van der Waals surface area contributed by atoms with Crippen molar-refractivity contribution in [3.63, 3.8) is 0 Å². The van der Waals surface area contributed by atoms with Crippen molar-refractivity contribution in [1.82, 2.24) is 9.99 Å². The molecule has 0 spiro atoms.